The van der Waals surface area contributed by atoms with Gasteiger partial charge in [-0.1, -0.05) is 12.1 Å². The maximum absolute atomic E-state index is 13.0. The third-order valence-electron chi connectivity index (χ3n) is 3.74. The van der Waals surface area contributed by atoms with Gasteiger partial charge < -0.3 is 5.73 Å². The van der Waals surface area contributed by atoms with Gasteiger partial charge in [0.2, 0.25) is 0 Å². The van der Waals surface area contributed by atoms with Gasteiger partial charge in [-0.25, -0.2) is 4.39 Å². The summed E-state index contributed by atoms with van der Waals surface area (Å²) in [5.41, 5.74) is 7.83. The third-order valence-corrected chi connectivity index (χ3v) is 3.74. The lowest BCUT2D eigenvalue weighted by Gasteiger charge is -2.13. The van der Waals surface area contributed by atoms with Gasteiger partial charge in [0.1, 0.15) is 11.6 Å². The predicted molar refractivity (Wildman–Crippen MR) is 91.0 cm³/mol. The first-order valence-corrected chi connectivity index (χ1v) is 7.36. The van der Waals surface area contributed by atoms with Crippen LogP contribution in [0.4, 0.5) is 10.2 Å². The molecule has 0 bridgehead atoms. The molecule has 0 aliphatic heterocycles. The average molecular weight is 322 g/mol. The smallest absolute Gasteiger partial charge is 0.256 e. The highest BCUT2D eigenvalue weighted by atomic mass is 19.1. The van der Waals surface area contributed by atoms with Gasteiger partial charge in [0.25, 0.3) is 5.56 Å². The second kappa shape index (κ2) is 6.12. The number of anilines is 1. The molecule has 0 amide bonds. The van der Waals surface area contributed by atoms with Crippen LogP contribution in [-0.4, -0.2) is 10.4 Å². The number of carbonyl (C=O) groups excluding carboxylic acids is 1. The standard InChI is InChI=1S/C19H15FN2O2/c1-12-3-2-4-15(11-12)22-17(23)10-9-16(19(22)21)18(24)13-5-7-14(20)8-6-13/h2-11H,21H2,1H3. The van der Waals surface area contributed by atoms with Crippen LogP contribution in [0.25, 0.3) is 5.69 Å². The molecule has 0 aliphatic carbocycles. The van der Waals surface area contributed by atoms with Crippen LogP contribution >= 0.6 is 0 Å². The van der Waals surface area contributed by atoms with Gasteiger partial charge in [0.05, 0.1) is 11.3 Å². The van der Waals surface area contributed by atoms with Crippen molar-refractivity contribution in [1.82, 2.24) is 4.57 Å². The fourth-order valence-corrected chi connectivity index (χ4v) is 2.54. The van der Waals surface area contributed by atoms with Crippen LogP contribution < -0.4 is 11.3 Å². The SMILES string of the molecule is Cc1cccc(-n2c(N)c(C(=O)c3ccc(F)cc3)ccc2=O)c1. The summed E-state index contributed by atoms with van der Waals surface area (Å²) in [5, 5.41) is 0. The summed E-state index contributed by atoms with van der Waals surface area (Å²) in [4.78, 5) is 24.9. The van der Waals surface area contributed by atoms with E-state index in [2.05, 4.69) is 0 Å². The van der Waals surface area contributed by atoms with Crippen molar-refractivity contribution in [3.63, 3.8) is 0 Å². The Labute approximate surface area is 138 Å². The molecule has 0 atom stereocenters. The van der Waals surface area contributed by atoms with E-state index in [0.717, 1.165) is 5.56 Å². The zero-order valence-electron chi connectivity index (χ0n) is 13.0. The molecule has 1 heterocycles. The van der Waals surface area contributed by atoms with Crippen molar-refractivity contribution >= 4 is 11.6 Å². The van der Waals surface area contributed by atoms with Crippen LogP contribution in [0.3, 0.4) is 0 Å². The summed E-state index contributed by atoms with van der Waals surface area (Å²) in [7, 11) is 0. The van der Waals surface area contributed by atoms with Crippen molar-refractivity contribution < 1.29 is 9.18 Å². The van der Waals surface area contributed by atoms with E-state index in [0.29, 0.717) is 11.3 Å². The van der Waals surface area contributed by atoms with Crippen molar-refractivity contribution in [2.45, 2.75) is 6.92 Å². The topological polar surface area (TPSA) is 65.1 Å². The number of nitrogens with two attached hydrogens (primary N) is 1. The minimum atomic E-state index is -0.427. The first-order valence-electron chi connectivity index (χ1n) is 7.36. The van der Waals surface area contributed by atoms with Crippen LogP contribution in [0, 0.1) is 12.7 Å². The maximum Gasteiger partial charge on any atom is 0.256 e. The van der Waals surface area contributed by atoms with E-state index < -0.39 is 5.82 Å². The summed E-state index contributed by atoms with van der Waals surface area (Å²) in [5.74, 6) is -0.736. The molecule has 0 unspecified atom stereocenters. The number of aromatic nitrogens is 1. The Bertz CT molecular complexity index is 975. The molecule has 3 rings (SSSR count). The molecule has 120 valence electrons. The average Bonchev–Trinajstić information content (AvgIpc) is 2.55. The van der Waals surface area contributed by atoms with E-state index in [1.165, 1.54) is 41.0 Å². The monoisotopic (exact) mass is 322 g/mol. The molecule has 0 saturated heterocycles. The molecule has 3 aromatic rings. The largest absolute Gasteiger partial charge is 0.384 e. The predicted octanol–water partition coefficient (Wildman–Crippen LogP) is 3.10. The number of rotatable bonds is 3. The second-order valence-corrected chi connectivity index (χ2v) is 5.48. The molecule has 24 heavy (non-hydrogen) atoms. The first-order chi connectivity index (χ1) is 11.5. The Morgan fingerprint density at radius 2 is 1.75 bits per heavy atom. The van der Waals surface area contributed by atoms with Crippen molar-refractivity contribution in [1.29, 1.82) is 0 Å². The summed E-state index contributed by atoms with van der Waals surface area (Å²) in [6.45, 7) is 1.90. The first kappa shape index (κ1) is 15.7. The van der Waals surface area contributed by atoms with Gasteiger partial charge in [0, 0.05) is 11.6 Å². The highest BCUT2D eigenvalue weighted by Gasteiger charge is 2.17. The fourth-order valence-electron chi connectivity index (χ4n) is 2.54. The lowest BCUT2D eigenvalue weighted by atomic mass is 10.0. The number of aryl methyl sites for hydroxylation is 1. The Kier molecular flexibility index (Phi) is 4.00. The van der Waals surface area contributed by atoms with E-state index in [4.69, 9.17) is 5.73 Å². The molecule has 0 radical (unpaired) electrons. The number of nitrogen functional groups attached to an aromatic ring is 1. The molecule has 0 aliphatic rings. The number of nitrogens with zero attached hydrogens (tertiary/aromatic N) is 1. The van der Waals surface area contributed by atoms with Crippen LogP contribution in [0.2, 0.25) is 0 Å². The summed E-state index contributed by atoms with van der Waals surface area (Å²) >= 11 is 0. The quantitative estimate of drug-likeness (QED) is 0.754. The van der Waals surface area contributed by atoms with Crippen molar-refractivity contribution in [2.75, 3.05) is 5.73 Å². The van der Waals surface area contributed by atoms with Crippen molar-refractivity contribution in [3.8, 4) is 5.69 Å². The van der Waals surface area contributed by atoms with Crippen LogP contribution in [0.15, 0.2) is 65.5 Å². The molecule has 0 fully saturated rings. The van der Waals surface area contributed by atoms with Gasteiger partial charge in [-0.15, -0.1) is 0 Å². The molecule has 0 spiro atoms. The number of carbonyl (C=O) groups is 1. The van der Waals surface area contributed by atoms with E-state index in [9.17, 15) is 14.0 Å². The van der Waals surface area contributed by atoms with E-state index in [-0.39, 0.29) is 22.7 Å². The Balaban J connectivity index is 2.14. The van der Waals surface area contributed by atoms with Crippen molar-refractivity contribution in [3.05, 3.63) is 93.5 Å². The van der Waals surface area contributed by atoms with E-state index in [1.807, 2.05) is 25.1 Å². The minimum absolute atomic E-state index is 0.0578. The Morgan fingerprint density at radius 3 is 2.42 bits per heavy atom. The van der Waals surface area contributed by atoms with Gasteiger partial charge >= 0.3 is 0 Å². The van der Waals surface area contributed by atoms with Gasteiger partial charge in [-0.2, -0.15) is 0 Å². The van der Waals surface area contributed by atoms with Gasteiger partial charge in [-0.3, -0.25) is 14.2 Å². The Morgan fingerprint density at radius 1 is 1.04 bits per heavy atom. The molecular formula is C19H15FN2O2. The number of hydrogen-bond donors (Lipinski definition) is 1. The van der Waals surface area contributed by atoms with Crippen molar-refractivity contribution in [2.24, 2.45) is 0 Å². The lowest BCUT2D eigenvalue weighted by molar-refractivity contribution is 0.103. The molecule has 2 aromatic carbocycles. The zero-order valence-corrected chi connectivity index (χ0v) is 13.0. The number of hydrogen-bond acceptors (Lipinski definition) is 3. The number of halogens is 1. The van der Waals surface area contributed by atoms with E-state index >= 15 is 0 Å². The molecule has 4 nitrogen and oxygen atoms in total. The highest BCUT2D eigenvalue weighted by molar-refractivity contribution is 6.11. The molecular weight excluding hydrogens is 307 g/mol. The zero-order chi connectivity index (χ0) is 17.3. The Hall–Kier alpha value is -3.21. The normalized spacial score (nSPS) is 10.6. The third kappa shape index (κ3) is 2.84. The number of ketones is 1. The number of pyridine rings is 1. The van der Waals surface area contributed by atoms with Crippen LogP contribution in [0.1, 0.15) is 21.5 Å². The van der Waals surface area contributed by atoms with Gasteiger partial charge in [-0.05, 0) is 55.0 Å². The maximum atomic E-state index is 13.0. The summed E-state index contributed by atoms with van der Waals surface area (Å²) in [6, 6.07) is 15.2. The van der Waals surface area contributed by atoms with Crippen LogP contribution in [-0.2, 0) is 0 Å². The fraction of sp³-hybridized carbons (Fsp3) is 0.0526. The summed E-state index contributed by atoms with van der Waals surface area (Å²) < 4.78 is 14.3. The van der Waals surface area contributed by atoms with Gasteiger partial charge in [0.15, 0.2) is 5.78 Å². The second-order valence-electron chi connectivity index (χ2n) is 5.48. The van der Waals surface area contributed by atoms with E-state index in [1.54, 1.807) is 6.07 Å². The highest BCUT2D eigenvalue weighted by Crippen LogP contribution is 2.19. The molecule has 2 N–H and O–H groups in total. The lowest BCUT2D eigenvalue weighted by Crippen LogP contribution is -2.23. The molecule has 5 heteroatoms. The number of benzene rings is 2. The molecule has 1 aromatic heterocycles. The minimum Gasteiger partial charge on any atom is -0.384 e. The molecule has 0 saturated carbocycles. The van der Waals surface area contributed by atoms with Crippen LogP contribution in [0.5, 0.6) is 0 Å². The summed E-state index contributed by atoms with van der Waals surface area (Å²) in [6.07, 6.45) is 0.